The van der Waals surface area contributed by atoms with Crippen molar-refractivity contribution in [2.45, 2.75) is 18.2 Å². The highest BCUT2D eigenvalue weighted by atomic mass is 32.2. The minimum absolute atomic E-state index is 0.0316. The third-order valence-electron chi connectivity index (χ3n) is 6.07. The zero-order valence-electron chi connectivity index (χ0n) is 14.8. The van der Waals surface area contributed by atoms with E-state index >= 15 is 0 Å². The van der Waals surface area contributed by atoms with E-state index < -0.39 is 17.4 Å². The standard InChI is InChI=1S/C20H21FN2O3S/c21-14-3-1-13(2-4-14)11-23-12-20-6-5-15(26-20)16(17(20)19(23)25)18(24)22-7-9-27-10-8-22/h1-6,15-17H,7-12H2/t15-,16+,17+,20-/m0/s1. The Labute approximate surface area is 161 Å². The van der Waals surface area contributed by atoms with Crippen molar-refractivity contribution in [1.29, 1.82) is 0 Å². The topological polar surface area (TPSA) is 49.9 Å². The number of carbonyl (C=O) groups excluding carboxylic acids is 2. The maximum absolute atomic E-state index is 13.2. The summed E-state index contributed by atoms with van der Waals surface area (Å²) < 4.78 is 19.3. The number of carbonyl (C=O) groups is 2. The lowest BCUT2D eigenvalue weighted by Gasteiger charge is -2.32. The van der Waals surface area contributed by atoms with Crippen LogP contribution in [0.15, 0.2) is 36.4 Å². The number of amides is 2. The highest BCUT2D eigenvalue weighted by Gasteiger charge is 2.67. The van der Waals surface area contributed by atoms with E-state index in [1.54, 1.807) is 17.0 Å². The second-order valence-corrected chi connectivity index (χ2v) is 8.88. The van der Waals surface area contributed by atoms with Crippen LogP contribution >= 0.6 is 11.8 Å². The van der Waals surface area contributed by atoms with E-state index in [2.05, 4.69) is 0 Å². The van der Waals surface area contributed by atoms with E-state index in [4.69, 9.17) is 4.74 Å². The molecule has 0 aliphatic carbocycles. The minimum atomic E-state index is -0.688. The van der Waals surface area contributed by atoms with Gasteiger partial charge in [-0.15, -0.1) is 0 Å². The Hall–Kier alpha value is -1.86. The predicted molar refractivity (Wildman–Crippen MR) is 99.4 cm³/mol. The number of nitrogens with zero attached hydrogens (tertiary/aromatic N) is 2. The molecule has 142 valence electrons. The second kappa shape index (κ2) is 6.34. The lowest BCUT2D eigenvalue weighted by atomic mass is 9.76. The van der Waals surface area contributed by atoms with Gasteiger partial charge >= 0.3 is 0 Å². The molecule has 1 aromatic carbocycles. The van der Waals surface area contributed by atoms with Gasteiger partial charge < -0.3 is 14.5 Å². The number of hydrogen-bond donors (Lipinski definition) is 0. The van der Waals surface area contributed by atoms with E-state index in [1.807, 2.05) is 28.8 Å². The van der Waals surface area contributed by atoms with Crippen LogP contribution in [0.25, 0.3) is 0 Å². The number of rotatable bonds is 3. The van der Waals surface area contributed by atoms with Gasteiger partial charge in [0, 0.05) is 31.1 Å². The summed E-state index contributed by atoms with van der Waals surface area (Å²) in [4.78, 5) is 30.0. The largest absolute Gasteiger partial charge is 0.360 e. The number of fused-ring (bicyclic) bond motifs is 1. The Morgan fingerprint density at radius 3 is 2.74 bits per heavy atom. The highest BCUT2D eigenvalue weighted by Crippen LogP contribution is 2.52. The zero-order valence-corrected chi connectivity index (χ0v) is 15.7. The van der Waals surface area contributed by atoms with Gasteiger partial charge in [0.25, 0.3) is 0 Å². The van der Waals surface area contributed by atoms with Gasteiger partial charge in [-0.1, -0.05) is 24.3 Å². The van der Waals surface area contributed by atoms with Crippen molar-refractivity contribution in [1.82, 2.24) is 9.80 Å². The average Bonchev–Trinajstić information content (AvgIpc) is 3.32. The Morgan fingerprint density at radius 1 is 1.26 bits per heavy atom. The number of thioether (sulfide) groups is 1. The molecule has 1 spiro atoms. The van der Waals surface area contributed by atoms with Crippen molar-refractivity contribution < 1.29 is 18.7 Å². The summed E-state index contributed by atoms with van der Waals surface area (Å²) in [6.45, 7) is 2.33. The molecule has 27 heavy (non-hydrogen) atoms. The molecule has 3 saturated heterocycles. The fourth-order valence-corrected chi connectivity index (χ4v) is 5.70. The maximum atomic E-state index is 13.2. The molecule has 0 N–H and O–H groups in total. The third kappa shape index (κ3) is 2.70. The van der Waals surface area contributed by atoms with Gasteiger partial charge in [-0.2, -0.15) is 11.8 Å². The summed E-state index contributed by atoms with van der Waals surface area (Å²) in [5, 5.41) is 0. The molecule has 7 heteroatoms. The van der Waals surface area contributed by atoms with Gasteiger partial charge in [-0.25, -0.2) is 4.39 Å². The average molecular weight is 388 g/mol. The van der Waals surface area contributed by atoms with Crippen LogP contribution < -0.4 is 0 Å². The summed E-state index contributed by atoms with van der Waals surface area (Å²) in [5.74, 6) is 0.737. The maximum Gasteiger partial charge on any atom is 0.230 e. The molecule has 0 saturated carbocycles. The Kier molecular flexibility index (Phi) is 4.05. The summed E-state index contributed by atoms with van der Waals surface area (Å²) in [6.07, 6.45) is 3.63. The molecule has 5 rings (SSSR count). The predicted octanol–water partition coefficient (Wildman–Crippen LogP) is 1.68. The first kappa shape index (κ1) is 17.3. The first-order valence-corrected chi connectivity index (χ1v) is 10.5. The normalized spacial score (nSPS) is 34.4. The van der Waals surface area contributed by atoms with Crippen LogP contribution in [0.5, 0.6) is 0 Å². The van der Waals surface area contributed by atoms with Gasteiger partial charge in [0.2, 0.25) is 11.8 Å². The molecule has 0 unspecified atom stereocenters. The van der Waals surface area contributed by atoms with Gasteiger partial charge in [0.15, 0.2) is 0 Å². The Morgan fingerprint density at radius 2 is 2.00 bits per heavy atom. The third-order valence-corrected chi connectivity index (χ3v) is 7.02. The quantitative estimate of drug-likeness (QED) is 0.740. The van der Waals surface area contributed by atoms with Gasteiger partial charge in [0.05, 0.1) is 24.5 Å². The first-order valence-electron chi connectivity index (χ1n) is 9.34. The fraction of sp³-hybridized carbons (Fsp3) is 0.500. The van der Waals surface area contributed by atoms with E-state index in [0.717, 1.165) is 30.2 Å². The number of hydrogen-bond acceptors (Lipinski definition) is 4. The SMILES string of the molecule is O=C([C@@H]1[C@@H]2C=C[C@@]3(CN(Cc4ccc(F)cc4)C(=O)[C@@H]13)O2)N1CCSCC1. The molecule has 4 heterocycles. The Balaban J connectivity index is 1.38. The molecular formula is C20H21FN2O3S. The van der Waals surface area contributed by atoms with Crippen molar-refractivity contribution in [3.63, 3.8) is 0 Å². The fourth-order valence-electron chi connectivity index (χ4n) is 4.80. The van der Waals surface area contributed by atoms with Crippen molar-refractivity contribution in [3.8, 4) is 0 Å². The number of benzene rings is 1. The Bertz CT molecular complexity index is 808. The van der Waals surface area contributed by atoms with E-state index in [-0.39, 0.29) is 23.7 Å². The molecular weight excluding hydrogens is 367 g/mol. The summed E-state index contributed by atoms with van der Waals surface area (Å²) in [5.41, 5.74) is 0.183. The van der Waals surface area contributed by atoms with Crippen LogP contribution in [-0.4, -0.2) is 64.5 Å². The van der Waals surface area contributed by atoms with Crippen LogP contribution in [-0.2, 0) is 20.9 Å². The summed E-state index contributed by atoms with van der Waals surface area (Å²) in [6, 6.07) is 6.18. The van der Waals surface area contributed by atoms with Gasteiger partial charge in [0.1, 0.15) is 11.4 Å². The molecule has 5 nitrogen and oxygen atoms in total. The number of likely N-dealkylation sites (tertiary alicyclic amines) is 1. The van der Waals surface area contributed by atoms with Crippen molar-refractivity contribution in [2.24, 2.45) is 11.8 Å². The smallest absolute Gasteiger partial charge is 0.230 e. The van der Waals surface area contributed by atoms with Crippen LogP contribution in [0.1, 0.15) is 5.56 Å². The lowest BCUT2D eigenvalue weighted by molar-refractivity contribution is -0.143. The monoisotopic (exact) mass is 388 g/mol. The van der Waals surface area contributed by atoms with E-state index in [0.29, 0.717) is 13.1 Å². The van der Waals surface area contributed by atoms with E-state index in [9.17, 15) is 14.0 Å². The van der Waals surface area contributed by atoms with Crippen molar-refractivity contribution in [3.05, 3.63) is 47.8 Å². The van der Waals surface area contributed by atoms with Crippen LogP contribution in [0, 0.1) is 17.7 Å². The highest BCUT2D eigenvalue weighted by molar-refractivity contribution is 7.99. The van der Waals surface area contributed by atoms with Crippen molar-refractivity contribution >= 4 is 23.6 Å². The molecule has 4 aliphatic rings. The van der Waals surface area contributed by atoms with Gasteiger partial charge in [-0.05, 0) is 17.7 Å². The molecule has 2 bridgehead atoms. The molecule has 0 aromatic heterocycles. The number of halogens is 1. The number of ether oxygens (including phenoxy) is 1. The van der Waals surface area contributed by atoms with Gasteiger partial charge in [-0.3, -0.25) is 9.59 Å². The van der Waals surface area contributed by atoms with Crippen molar-refractivity contribution in [2.75, 3.05) is 31.1 Å². The second-order valence-electron chi connectivity index (χ2n) is 7.66. The molecule has 0 radical (unpaired) electrons. The first-order chi connectivity index (χ1) is 13.1. The van der Waals surface area contributed by atoms with E-state index in [1.165, 1.54) is 12.1 Å². The molecule has 4 atom stereocenters. The van der Waals surface area contributed by atoms with Crippen LogP contribution in [0.2, 0.25) is 0 Å². The molecule has 2 amide bonds. The molecule has 1 aromatic rings. The van der Waals surface area contributed by atoms with Crippen LogP contribution in [0.4, 0.5) is 4.39 Å². The molecule has 4 aliphatic heterocycles. The lowest BCUT2D eigenvalue weighted by Crippen LogP contribution is -2.48. The van der Waals surface area contributed by atoms with Crippen LogP contribution in [0.3, 0.4) is 0 Å². The summed E-state index contributed by atoms with van der Waals surface area (Å²) >= 11 is 1.85. The molecule has 3 fully saturated rings. The summed E-state index contributed by atoms with van der Waals surface area (Å²) in [7, 11) is 0. The minimum Gasteiger partial charge on any atom is -0.360 e. The zero-order chi connectivity index (χ0) is 18.6.